The number of ether oxygens (including phenoxy) is 1. The Morgan fingerprint density at radius 3 is 2.19 bits per heavy atom. The fourth-order valence-corrected chi connectivity index (χ4v) is 5.07. The van der Waals surface area contributed by atoms with Crippen molar-refractivity contribution < 1.29 is 13.2 Å². The molecule has 6 nitrogen and oxygen atoms in total. The highest BCUT2D eigenvalue weighted by Gasteiger charge is 2.24. The van der Waals surface area contributed by atoms with Crippen LogP contribution >= 0.6 is 0 Å². The third kappa shape index (κ3) is 6.36. The van der Waals surface area contributed by atoms with Crippen LogP contribution in [0.4, 0.5) is 11.4 Å². The van der Waals surface area contributed by atoms with Gasteiger partial charge >= 0.3 is 0 Å². The second-order valence-electron chi connectivity index (χ2n) is 8.20. The molecule has 27 heavy (non-hydrogen) atoms. The maximum absolute atomic E-state index is 11.3. The maximum Gasteiger partial charge on any atom is 0.208 e. The molecule has 2 atom stereocenters. The first kappa shape index (κ1) is 20.4. The molecule has 2 N–H and O–H groups in total. The van der Waals surface area contributed by atoms with Crippen molar-refractivity contribution in [1.29, 1.82) is 0 Å². The summed E-state index contributed by atoms with van der Waals surface area (Å²) in [6.45, 7) is 7.05. The fraction of sp³-hybridized carbons (Fsp3) is 0.700. The van der Waals surface area contributed by atoms with Gasteiger partial charge in [-0.05, 0) is 69.7 Å². The van der Waals surface area contributed by atoms with Gasteiger partial charge in [0.1, 0.15) is 0 Å². The van der Waals surface area contributed by atoms with Crippen LogP contribution < -0.4 is 14.9 Å². The van der Waals surface area contributed by atoms with E-state index in [0.29, 0.717) is 5.92 Å². The minimum atomic E-state index is -3.09. The highest BCUT2D eigenvalue weighted by atomic mass is 32.2. The molecule has 0 amide bonds. The largest absolute Gasteiger partial charge is 0.385 e. The van der Waals surface area contributed by atoms with E-state index < -0.39 is 10.0 Å². The predicted molar refractivity (Wildman–Crippen MR) is 111 cm³/mol. The Kier molecular flexibility index (Phi) is 6.65. The van der Waals surface area contributed by atoms with Crippen LogP contribution in [-0.2, 0) is 14.8 Å². The molecular formula is C20H33N3O3S. The lowest BCUT2D eigenvalue weighted by Crippen LogP contribution is -2.45. The van der Waals surface area contributed by atoms with Crippen molar-refractivity contribution in [1.82, 2.24) is 4.72 Å². The van der Waals surface area contributed by atoms with Crippen LogP contribution in [0.3, 0.4) is 0 Å². The van der Waals surface area contributed by atoms with Crippen LogP contribution in [0.5, 0.6) is 0 Å². The second-order valence-corrected chi connectivity index (χ2v) is 9.98. The van der Waals surface area contributed by atoms with Crippen molar-refractivity contribution in [2.45, 2.75) is 57.8 Å². The number of hydrogen-bond acceptors (Lipinski definition) is 5. The monoisotopic (exact) mass is 395 g/mol. The summed E-state index contributed by atoms with van der Waals surface area (Å²) < 4.78 is 31.2. The van der Waals surface area contributed by atoms with Crippen LogP contribution in [0.25, 0.3) is 0 Å². The summed E-state index contributed by atoms with van der Waals surface area (Å²) >= 11 is 0. The van der Waals surface area contributed by atoms with Crippen molar-refractivity contribution in [3.8, 4) is 0 Å². The smallest absolute Gasteiger partial charge is 0.208 e. The average molecular weight is 396 g/mol. The first-order valence-electron chi connectivity index (χ1n) is 10.00. The average Bonchev–Trinajstić information content (AvgIpc) is 2.59. The molecule has 1 saturated carbocycles. The van der Waals surface area contributed by atoms with Crippen LogP contribution in [0.2, 0.25) is 0 Å². The molecule has 7 heteroatoms. The third-order valence-electron chi connectivity index (χ3n) is 5.47. The molecule has 0 spiro atoms. The summed E-state index contributed by atoms with van der Waals surface area (Å²) in [7, 11) is -3.09. The predicted octanol–water partition coefficient (Wildman–Crippen LogP) is 2.82. The molecule has 1 heterocycles. The first-order chi connectivity index (χ1) is 12.8. The first-order valence-corrected chi connectivity index (χ1v) is 11.9. The number of sulfonamides is 1. The Morgan fingerprint density at radius 2 is 1.63 bits per heavy atom. The van der Waals surface area contributed by atoms with E-state index in [1.807, 2.05) is 0 Å². The van der Waals surface area contributed by atoms with Gasteiger partial charge in [-0.15, -0.1) is 0 Å². The number of benzene rings is 1. The van der Waals surface area contributed by atoms with Crippen molar-refractivity contribution in [3.63, 3.8) is 0 Å². The van der Waals surface area contributed by atoms with Crippen LogP contribution in [0.15, 0.2) is 24.3 Å². The standard InChI is InChI=1S/C20H33N3O3S/c1-15-13-23(14-16(2)26-15)20-10-8-18(9-11-20)21-12-17-4-6-19(7-5-17)22-27(3,24)25/h8-11,15-17,19,21-22H,4-7,12-14H2,1-3H3/t15-,16+,17?,19?. The van der Waals surface area contributed by atoms with Gasteiger partial charge in [-0.1, -0.05) is 0 Å². The third-order valence-corrected chi connectivity index (χ3v) is 6.24. The number of rotatable bonds is 6. The van der Waals surface area contributed by atoms with Crippen LogP contribution in [0.1, 0.15) is 39.5 Å². The van der Waals surface area contributed by atoms with Crippen molar-refractivity contribution >= 4 is 21.4 Å². The molecule has 0 radical (unpaired) electrons. The molecule has 1 saturated heterocycles. The Labute approximate surface area is 163 Å². The van der Waals surface area contributed by atoms with Gasteiger partial charge in [-0.3, -0.25) is 0 Å². The van der Waals surface area contributed by atoms with Gasteiger partial charge in [0.15, 0.2) is 0 Å². The molecule has 152 valence electrons. The van der Waals surface area contributed by atoms with E-state index in [4.69, 9.17) is 4.74 Å². The molecule has 1 aliphatic carbocycles. The van der Waals surface area contributed by atoms with Gasteiger partial charge in [0.25, 0.3) is 0 Å². The molecule has 1 aromatic carbocycles. The van der Waals surface area contributed by atoms with Gasteiger partial charge in [0.05, 0.1) is 18.5 Å². The number of hydrogen-bond donors (Lipinski definition) is 2. The molecule has 2 aliphatic rings. The quantitative estimate of drug-likeness (QED) is 0.775. The Hall–Kier alpha value is -1.31. The minimum Gasteiger partial charge on any atom is -0.385 e. The van der Waals surface area contributed by atoms with Gasteiger partial charge in [-0.2, -0.15) is 0 Å². The zero-order valence-corrected chi connectivity index (χ0v) is 17.5. The van der Waals surface area contributed by atoms with Crippen molar-refractivity contribution in [3.05, 3.63) is 24.3 Å². The lowest BCUT2D eigenvalue weighted by molar-refractivity contribution is -0.00521. The van der Waals surface area contributed by atoms with E-state index in [-0.39, 0.29) is 18.2 Å². The summed E-state index contributed by atoms with van der Waals surface area (Å²) in [5.74, 6) is 0.600. The molecule has 0 bridgehead atoms. The molecule has 0 unspecified atom stereocenters. The summed E-state index contributed by atoms with van der Waals surface area (Å²) in [6, 6.07) is 8.77. The number of anilines is 2. The number of nitrogens with one attached hydrogen (secondary N) is 2. The van der Waals surface area contributed by atoms with Gasteiger partial charge in [0, 0.05) is 37.1 Å². The Bertz CT molecular complexity index is 690. The van der Waals surface area contributed by atoms with Gasteiger partial charge in [0.2, 0.25) is 10.0 Å². The summed E-state index contributed by atoms with van der Waals surface area (Å²) in [6.07, 6.45) is 5.72. The van der Waals surface area contributed by atoms with E-state index in [2.05, 4.69) is 53.1 Å². The van der Waals surface area contributed by atoms with E-state index in [1.54, 1.807) is 0 Å². The number of nitrogens with zero attached hydrogens (tertiary/aromatic N) is 1. The Morgan fingerprint density at radius 1 is 1.04 bits per heavy atom. The lowest BCUT2D eigenvalue weighted by atomic mass is 9.86. The van der Waals surface area contributed by atoms with Crippen LogP contribution in [-0.4, -0.2) is 52.6 Å². The Balaban J connectivity index is 1.44. The SMILES string of the molecule is C[C@@H]1CN(c2ccc(NCC3CCC(NS(C)(=O)=O)CC3)cc2)C[C@H](C)O1. The highest BCUT2D eigenvalue weighted by molar-refractivity contribution is 7.88. The van der Waals surface area contributed by atoms with Gasteiger partial charge < -0.3 is 15.0 Å². The molecule has 1 aromatic rings. The second kappa shape index (κ2) is 8.80. The normalized spacial score (nSPS) is 29.5. The zero-order chi connectivity index (χ0) is 19.4. The summed E-state index contributed by atoms with van der Waals surface area (Å²) in [4.78, 5) is 2.39. The minimum absolute atomic E-state index is 0.105. The van der Waals surface area contributed by atoms with E-state index in [9.17, 15) is 8.42 Å². The summed E-state index contributed by atoms with van der Waals surface area (Å²) in [5.41, 5.74) is 2.39. The van der Waals surface area contributed by atoms with Crippen molar-refractivity contribution in [2.24, 2.45) is 5.92 Å². The lowest BCUT2D eigenvalue weighted by Gasteiger charge is -2.37. The molecule has 3 rings (SSSR count). The highest BCUT2D eigenvalue weighted by Crippen LogP contribution is 2.26. The fourth-order valence-electron chi connectivity index (χ4n) is 4.23. The van der Waals surface area contributed by atoms with E-state index >= 15 is 0 Å². The molecule has 1 aliphatic heterocycles. The van der Waals surface area contributed by atoms with Crippen LogP contribution in [0, 0.1) is 5.92 Å². The molecular weight excluding hydrogens is 362 g/mol. The number of morpholine rings is 1. The van der Waals surface area contributed by atoms with E-state index in [0.717, 1.165) is 51.0 Å². The topological polar surface area (TPSA) is 70.7 Å². The maximum atomic E-state index is 11.3. The van der Waals surface area contributed by atoms with Crippen molar-refractivity contribution in [2.75, 3.05) is 36.1 Å². The molecule has 0 aromatic heterocycles. The summed E-state index contributed by atoms with van der Waals surface area (Å²) in [5, 5.41) is 3.54. The zero-order valence-electron chi connectivity index (χ0n) is 16.6. The van der Waals surface area contributed by atoms with Gasteiger partial charge in [-0.25, -0.2) is 13.1 Å². The molecule has 2 fully saturated rings. The van der Waals surface area contributed by atoms with E-state index in [1.165, 1.54) is 11.9 Å².